The van der Waals surface area contributed by atoms with Gasteiger partial charge in [-0.2, -0.15) is 0 Å². The molecule has 5 nitrogen and oxygen atoms in total. The number of carbonyl (C=O) groups excluding carboxylic acids is 2. The summed E-state index contributed by atoms with van der Waals surface area (Å²) in [5.41, 5.74) is 5.37. The van der Waals surface area contributed by atoms with Crippen LogP contribution in [-0.2, 0) is 9.59 Å². The minimum absolute atomic E-state index is 0.180. The van der Waals surface area contributed by atoms with Crippen molar-refractivity contribution < 1.29 is 14.0 Å². The number of nitrogens with two attached hydrogens (primary N) is 1. The summed E-state index contributed by atoms with van der Waals surface area (Å²) in [7, 11) is 0. The third-order valence-corrected chi connectivity index (χ3v) is 2.48. The van der Waals surface area contributed by atoms with Gasteiger partial charge in [-0.1, -0.05) is 0 Å². The lowest BCUT2D eigenvalue weighted by molar-refractivity contribution is -0.123. The van der Waals surface area contributed by atoms with E-state index in [0.717, 1.165) is 0 Å². The van der Waals surface area contributed by atoms with Crippen molar-refractivity contribution in [3.8, 4) is 0 Å². The Morgan fingerprint density at radius 1 is 1.35 bits per heavy atom. The number of hydrogen-bond acceptors (Lipinski definition) is 3. The minimum atomic E-state index is -0.478. The zero-order chi connectivity index (χ0) is 12.8. The molecule has 0 atom stereocenters. The quantitative estimate of drug-likeness (QED) is 0.761. The fourth-order valence-corrected chi connectivity index (χ4v) is 1.28. The van der Waals surface area contributed by atoms with E-state index in [-0.39, 0.29) is 13.1 Å². The third kappa shape index (κ3) is 4.49. The Kier molecular flexibility index (Phi) is 5.05. The molecule has 7 heteroatoms. The number of carbonyl (C=O) groups is 2. The minimum Gasteiger partial charge on any atom is -0.346 e. The molecule has 17 heavy (non-hydrogen) atoms. The Morgan fingerprint density at radius 2 is 2.06 bits per heavy atom. The van der Waals surface area contributed by atoms with Crippen LogP contribution in [0.3, 0.4) is 0 Å². The van der Waals surface area contributed by atoms with Crippen LogP contribution < -0.4 is 16.4 Å². The predicted molar refractivity (Wildman–Crippen MR) is 64.8 cm³/mol. The number of halogens is 2. The normalized spacial score (nSPS) is 9.82. The van der Waals surface area contributed by atoms with E-state index in [1.165, 1.54) is 18.2 Å². The molecular weight excluding hydrogens is 293 g/mol. The lowest BCUT2D eigenvalue weighted by Gasteiger charge is -2.06. The first-order valence-electron chi connectivity index (χ1n) is 4.74. The van der Waals surface area contributed by atoms with E-state index in [2.05, 4.69) is 26.6 Å². The van der Waals surface area contributed by atoms with Crippen LogP contribution in [-0.4, -0.2) is 24.9 Å². The maximum absolute atomic E-state index is 13.1. The van der Waals surface area contributed by atoms with Crippen molar-refractivity contribution in [1.29, 1.82) is 0 Å². The first kappa shape index (κ1) is 13.6. The monoisotopic (exact) mass is 303 g/mol. The molecule has 4 N–H and O–H groups in total. The van der Waals surface area contributed by atoms with E-state index in [1.54, 1.807) is 0 Å². The van der Waals surface area contributed by atoms with Gasteiger partial charge in [-0.3, -0.25) is 9.59 Å². The van der Waals surface area contributed by atoms with Gasteiger partial charge in [-0.05, 0) is 34.1 Å². The number of anilines is 1. The highest BCUT2D eigenvalue weighted by molar-refractivity contribution is 9.10. The summed E-state index contributed by atoms with van der Waals surface area (Å²) in [6, 6.07) is 4.19. The second kappa shape index (κ2) is 6.31. The highest BCUT2D eigenvalue weighted by atomic mass is 79.9. The van der Waals surface area contributed by atoms with E-state index in [0.29, 0.717) is 10.2 Å². The average molecular weight is 304 g/mol. The Hall–Kier alpha value is -1.47. The summed E-state index contributed by atoms with van der Waals surface area (Å²) >= 11 is 3.00. The number of rotatable bonds is 4. The molecule has 1 aromatic rings. The maximum Gasteiger partial charge on any atom is 0.243 e. The summed E-state index contributed by atoms with van der Waals surface area (Å²) in [6.07, 6.45) is 0. The average Bonchev–Trinajstić information content (AvgIpc) is 2.31. The molecular formula is C10H11BrFN3O2. The summed E-state index contributed by atoms with van der Waals surface area (Å²) in [4.78, 5) is 22.1. The largest absolute Gasteiger partial charge is 0.346 e. The Labute approximate surface area is 106 Å². The smallest absolute Gasteiger partial charge is 0.243 e. The van der Waals surface area contributed by atoms with Crippen LogP contribution >= 0.6 is 15.9 Å². The van der Waals surface area contributed by atoms with Gasteiger partial charge in [0.2, 0.25) is 11.8 Å². The van der Waals surface area contributed by atoms with Crippen LogP contribution in [0.1, 0.15) is 0 Å². The van der Waals surface area contributed by atoms with Crippen molar-refractivity contribution in [3.63, 3.8) is 0 Å². The number of benzene rings is 1. The number of amides is 2. The molecule has 1 aromatic carbocycles. The van der Waals surface area contributed by atoms with Crippen LogP contribution in [0, 0.1) is 5.82 Å². The van der Waals surface area contributed by atoms with Crippen LogP contribution in [0.5, 0.6) is 0 Å². The molecule has 1 rings (SSSR count). The Balaban J connectivity index is 2.50. The van der Waals surface area contributed by atoms with E-state index in [9.17, 15) is 14.0 Å². The first-order chi connectivity index (χ1) is 8.02. The van der Waals surface area contributed by atoms with Crippen molar-refractivity contribution in [3.05, 3.63) is 28.5 Å². The van der Waals surface area contributed by atoms with E-state index >= 15 is 0 Å². The molecule has 0 aliphatic rings. The van der Waals surface area contributed by atoms with Gasteiger partial charge in [-0.25, -0.2) is 4.39 Å². The van der Waals surface area contributed by atoms with Crippen molar-refractivity contribution >= 4 is 33.4 Å². The molecule has 0 saturated heterocycles. The molecule has 0 bridgehead atoms. The summed E-state index contributed by atoms with van der Waals surface area (Å²) in [6.45, 7) is -0.381. The second-order valence-electron chi connectivity index (χ2n) is 3.16. The van der Waals surface area contributed by atoms with Crippen LogP contribution in [0.25, 0.3) is 0 Å². The van der Waals surface area contributed by atoms with Gasteiger partial charge >= 0.3 is 0 Å². The number of hydrogen-bond donors (Lipinski definition) is 3. The summed E-state index contributed by atoms with van der Waals surface area (Å²) < 4.78 is 13.4. The maximum atomic E-state index is 13.1. The van der Waals surface area contributed by atoms with Crippen molar-refractivity contribution in [2.24, 2.45) is 5.73 Å². The molecule has 0 aromatic heterocycles. The molecule has 92 valence electrons. The number of nitrogens with one attached hydrogen (secondary N) is 2. The van der Waals surface area contributed by atoms with Gasteiger partial charge in [0.1, 0.15) is 5.82 Å². The molecule has 2 amide bonds. The zero-order valence-electron chi connectivity index (χ0n) is 8.80. The van der Waals surface area contributed by atoms with E-state index < -0.39 is 17.6 Å². The highest BCUT2D eigenvalue weighted by Gasteiger charge is 2.06. The fourth-order valence-electron chi connectivity index (χ4n) is 1.03. The molecule has 0 saturated carbocycles. The standard InChI is InChI=1S/C10H11BrFN3O2/c11-7-2-1-6(3-8(7)12)15-10(17)5-14-9(16)4-13/h1-3H,4-5,13H2,(H,14,16)(H,15,17). The molecule has 0 aliphatic carbocycles. The van der Waals surface area contributed by atoms with Gasteiger partial charge in [0, 0.05) is 5.69 Å². The second-order valence-corrected chi connectivity index (χ2v) is 4.01. The van der Waals surface area contributed by atoms with Gasteiger partial charge in [0.25, 0.3) is 0 Å². The lowest BCUT2D eigenvalue weighted by atomic mass is 10.3. The van der Waals surface area contributed by atoms with Crippen molar-refractivity contribution in [2.45, 2.75) is 0 Å². The topological polar surface area (TPSA) is 84.2 Å². The molecule has 0 aliphatic heterocycles. The van der Waals surface area contributed by atoms with Crippen molar-refractivity contribution in [2.75, 3.05) is 18.4 Å². The predicted octanol–water partition coefficient (Wildman–Crippen LogP) is 0.602. The molecule has 0 unspecified atom stereocenters. The lowest BCUT2D eigenvalue weighted by Crippen LogP contribution is -2.36. The fraction of sp³-hybridized carbons (Fsp3) is 0.200. The van der Waals surface area contributed by atoms with Gasteiger partial charge in [0.05, 0.1) is 17.6 Å². The van der Waals surface area contributed by atoms with Gasteiger partial charge < -0.3 is 16.4 Å². The Morgan fingerprint density at radius 3 is 2.65 bits per heavy atom. The van der Waals surface area contributed by atoms with Gasteiger partial charge in [-0.15, -0.1) is 0 Å². The van der Waals surface area contributed by atoms with E-state index in [1.807, 2.05) is 0 Å². The SMILES string of the molecule is NCC(=O)NCC(=O)Nc1ccc(Br)c(F)c1. The first-order valence-corrected chi connectivity index (χ1v) is 5.54. The zero-order valence-corrected chi connectivity index (χ0v) is 10.4. The van der Waals surface area contributed by atoms with Crippen LogP contribution in [0.4, 0.5) is 10.1 Å². The van der Waals surface area contributed by atoms with E-state index in [4.69, 9.17) is 5.73 Å². The Bertz CT molecular complexity index is 440. The van der Waals surface area contributed by atoms with Crippen LogP contribution in [0.15, 0.2) is 22.7 Å². The molecule has 0 radical (unpaired) electrons. The molecule has 0 spiro atoms. The van der Waals surface area contributed by atoms with Gasteiger partial charge in [0.15, 0.2) is 0 Å². The molecule has 0 fully saturated rings. The molecule has 0 heterocycles. The highest BCUT2D eigenvalue weighted by Crippen LogP contribution is 2.19. The summed E-state index contributed by atoms with van der Waals surface area (Å²) in [5, 5.41) is 4.73. The van der Waals surface area contributed by atoms with Crippen LogP contribution in [0.2, 0.25) is 0 Å². The summed E-state index contributed by atoms with van der Waals surface area (Å²) in [5.74, 6) is -1.36. The third-order valence-electron chi connectivity index (χ3n) is 1.83. The van der Waals surface area contributed by atoms with Crippen molar-refractivity contribution in [1.82, 2.24) is 5.32 Å².